The molecule has 4 heteroatoms. The first-order chi connectivity index (χ1) is 9.62. The average Bonchev–Trinajstić information content (AvgIpc) is 2.41. The second-order valence-corrected chi connectivity index (χ2v) is 5.96. The first kappa shape index (κ1) is 17.4. The van der Waals surface area contributed by atoms with E-state index in [-0.39, 0.29) is 6.04 Å². The van der Waals surface area contributed by atoms with Crippen molar-refractivity contribution in [3.05, 3.63) is 58.6 Å². The van der Waals surface area contributed by atoms with Crippen LogP contribution < -0.4 is 5.32 Å². The van der Waals surface area contributed by atoms with Crippen LogP contribution >= 0.6 is 27.5 Å². The van der Waals surface area contributed by atoms with Crippen molar-refractivity contribution >= 4 is 27.5 Å². The maximum Gasteiger partial charge on any atom is 0.0465 e. The summed E-state index contributed by atoms with van der Waals surface area (Å²) in [6, 6.07) is 6.27. The van der Waals surface area contributed by atoms with Crippen LogP contribution in [0.2, 0.25) is 5.02 Å². The molecule has 0 amide bonds. The van der Waals surface area contributed by atoms with Gasteiger partial charge in [0.05, 0.1) is 0 Å². The van der Waals surface area contributed by atoms with Gasteiger partial charge in [-0.05, 0) is 31.2 Å². The molecule has 0 bridgehead atoms. The summed E-state index contributed by atoms with van der Waals surface area (Å²) in [6.07, 6.45) is 4.83. The molecule has 0 heterocycles. The monoisotopic (exact) mass is 356 g/mol. The second kappa shape index (κ2) is 9.35. The minimum Gasteiger partial charge on any atom is -0.313 e. The molecule has 0 aliphatic heterocycles. The van der Waals surface area contributed by atoms with E-state index in [1.54, 1.807) is 0 Å². The van der Waals surface area contributed by atoms with Crippen molar-refractivity contribution in [2.24, 2.45) is 0 Å². The smallest absolute Gasteiger partial charge is 0.0465 e. The SMILES string of the molecule is C=CCN(CC=C)CCC(NC)c1ccc(Br)cc1Cl. The Hall–Kier alpha value is -0.610. The van der Waals surface area contributed by atoms with Gasteiger partial charge in [0.25, 0.3) is 0 Å². The van der Waals surface area contributed by atoms with Crippen LogP contribution in [0.4, 0.5) is 0 Å². The summed E-state index contributed by atoms with van der Waals surface area (Å²) in [5.41, 5.74) is 1.13. The van der Waals surface area contributed by atoms with E-state index in [9.17, 15) is 0 Å². The lowest BCUT2D eigenvalue weighted by Crippen LogP contribution is -2.29. The Bertz CT molecular complexity index is 438. The molecule has 2 nitrogen and oxygen atoms in total. The molecule has 20 heavy (non-hydrogen) atoms. The number of halogens is 2. The average molecular weight is 358 g/mol. The molecule has 0 aliphatic rings. The van der Waals surface area contributed by atoms with Gasteiger partial charge in [0.15, 0.2) is 0 Å². The van der Waals surface area contributed by atoms with Crippen molar-refractivity contribution in [2.75, 3.05) is 26.7 Å². The highest BCUT2D eigenvalue weighted by molar-refractivity contribution is 9.10. The molecule has 0 spiro atoms. The normalized spacial score (nSPS) is 12.4. The van der Waals surface area contributed by atoms with Crippen molar-refractivity contribution < 1.29 is 0 Å². The quantitative estimate of drug-likeness (QED) is 0.658. The molecule has 0 aromatic heterocycles. The topological polar surface area (TPSA) is 15.3 Å². The number of hydrogen-bond acceptors (Lipinski definition) is 2. The van der Waals surface area contributed by atoms with E-state index in [2.05, 4.69) is 45.4 Å². The van der Waals surface area contributed by atoms with Crippen LogP contribution in [0.15, 0.2) is 48.0 Å². The Labute approximate surface area is 135 Å². The van der Waals surface area contributed by atoms with Gasteiger partial charge >= 0.3 is 0 Å². The zero-order chi connectivity index (χ0) is 15.0. The number of rotatable bonds is 9. The molecule has 0 saturated carbocycles. The van der Waals surface area contributed by atoms with Crippen molar-refractivity contribution in [3.8, 4) is 0 Å². The molecule has 1 rings (SSSR count). The van der Waals surface area contributed by atoms with Crippen LogP contribution in [0.3, 0.4) is 0 Å². The highest BCUT2D eigenvalue weighted by Gasteiger charge is 2.14. The molecule has 1 aromatic carbocycles. The summed E-state index contributed by atoms with van der Waals surface area (Å²) in [4.78, 5) is 2.30. The van der Waals surface area contributed by atoms with Gasteiger partial charge in [-0.15, -0.1) is 13.2 Å². The standard InChI is InChI=1S/C16H22BrClN2/c1-4-9-20(10-5-2)11-8-16(19-3)14-7-6-13(17)12-15(14)18/h4-7,12,16,19H,1-2,8-11H2,3H3. The third-order valence-electron chi connectivity index (χ3n) is 3.19. The van der Waals surface area contributed by atoms with Crippen LogP contribution in [0, 0.1) is 0 Å². The number of hydrogen-bond donors (Lipinski definition) is 1. The summed E-state index contributed by atoms with van der Waals surface area (Å²) in [5, 5.41) is 4.13. The third kappa shape index (κ3) is 5.41. The van der Waals surface area contributed by atoms with Gasteiger partial charge < -0.3 is 5.32 Å². The van der Waals surface area contributed by atoms with Gasteiger partial charge in [-0.3, -0.25) is 4.90 Å². The Morgan fingerprint density at radius 3 is 2.50 bits per heavy atom. The molecule has 1 atom stereocenters. The molecule has 0 aliphatic carbocycles. The molecule has 1 unspecified atom stereocenters. The van der Waals surface area contributed by atoms with Gasteiger partial charge in [0, 0.05) is 35.2 Å². The van der Waals surface area contributed by atoms with Gasteiger partial charge in [-0.25, -0.2) is 0 Å². The highest BCUT2D eigenvalue weighted by Crippen LogP contribution is 2.28. The van der Waals surface area contributed by atoms with E-state index in [0.29, 0.717) is 0 Å². The van der Waals surface area contributed by atoms with Crippen LogP contribution in [0.25, 0.3) is 0 Å². The lowest BCUT2D eigenvalue weighted by molar-refractivity contribution is 0.311. The molecule has 110 valence electrons. The molecule has 0 saturated heterocycles. The zero-order valence-corrected chi connectivity index (χ0v) is 14.3. The van der Waals surface area contributed by atoms with E-state index in [0.717, 1.165) is 41.1 Å². The number of benzene rings is 1. The lowest BCUT2D eigenvalue weighted by Gasteiger charge is -2.23. The summed E-state index contributed by atoms with van der Waals surface area (Å²) >= 11 is 9.76. The number of nitrogens with zero attached hydrogens (tertiary/aromatic N) is 1. The Kier molecular flexibility index (Phi) is 8.15. The summed E-state index contributed by atoms with van der Waals surface area (Å²) < 4.78 is 1.00. The fourth-order valence-electron chi connectivity index (χ4n) is 2.17. The summed E-state index contributed by atoms with van der Waals surface area (Å²) in [5.74, 6) is 0. The Balaban J connectivity index is 2.70. The van der Waals surface area contributed by atoms with Crippen LogP contribution in [0.1, 0.15) is 18.0 Å². The maximum absolute atomic E-state index is 6.32. The van der Waals surface area contributed by atoms with E-state index >= 15 is 0 Å². The Morgan fingerprint density at radius 1 is 1.35 bits per heavy atom. The van der Waals surface area contributed by atoms with E-state index in [1.165, 1.54) is 0 Å². The van der Waals surface area contributed by atoms with E-state index in [1.807, 2.05) is 31.3 Å². The molecule has 0 radical (unpaired) electrons. The summed E-state index contributed by atoms with van der Waals surface area (Å²) in [6.45, 7) is 10.3. The minimum atomic E-state index is 0.243. The zero-order valence-electron chi connectivity index (χ0n) is 11.9. The lowest BCUT2D eigenvalue weighted by atomic mass is 10.0. The minimum absolute atomic E-state index is 0.243. The van der Waals surface area contributed by atoms with Gasteiger partial charge in [0.2, 0.25) is 0 Å². The first-order valence-electron chi connectivity index (χ1n) is 6.68. The maximum atomic E-state index is 6.32. The fourth-order valence-corrected chi connectivity index (χ4v) is 2.98. The van der Waals surface area contributed by atoms with E-state index in [4.69, 9.17) is 11.6 Å². The second-order valence-electron chi connectivity index (χ2n) is 4.63. The van der Waals surface area contributed by atoms with Crippen LogP contribution in [-0.2, 0) is 0 Å². The first-order valence-corrected chi connectivity index (χ1v) is 7.85. The Morgan fingerprint density at radius 2 is 2.00 bits per heavy atom. The van der Waals surface area contributed by atoms with Crippen molar-refractivity contribution in [1.29, 1.82) is 0 Å². The summed E-state index contributed by atoms with van der Waals surface area (Å²) in [7, 11) is 1.97. The van der Waals surface area contributed by atoms with Gasteiger partial charge in [-0.1, -0.05) is 45.7 Å². The predicted molar refractivity (Wildman–Crippen MR) is 92.4 cm³/mol. The molecular formula is C16H22BrClN2. The van der Waals surface area contributed by atoms with Crippen molar-refractivity contribution in [1.82, 2.24) is 10.2 Å². The van der Waals surface area contributed by atoms with Crippen molar-refractivity contribution in [3.63, 3.8) is 0 Å². The molecule has 1 N–H and O–H groups in total. The van der Waals surface area contributed by atoms with Crippen LogP contribution in [0.5, 0.6) is 0 Å². The molecule has 1 aromatic rings. The van der Waals surface area contributed by atoms with E-state index < -0.39 is 0 Å². The predicted octanol–water partition coefficient (Wildman–Crippen LogP) is 4.43. The highest BCUT2D eigenvalue weighted by atomic mass is 79.9. The van der Waals surface area contributed by atoms with Crippen molar-refractivity contribution in [2.45, 2.75) is 12.5 Å². The third-order valence-corrected chi connectivity index (χ3v) is 4.02. The molecule has 0 fully saturated rings. The van der Waals surface area contributed by atoms with Gasteiger partial charge in [-0.2, -0.15) is 0 Å². The fraction of sp³-hybridized carbons (Fsp3) is 0.375. The van der Waals surface area contributed by atoms with Crippen LogP contribution in [-0.4, -0.2) is 31.6 Å². The largest absolute Gasteiger partial charge is 0.313 e. The molecular weight excluding hydrogens is 336 g/mol. The number of nitrogens with one attached hydrogen (secondary N) is 1. The van der Waals surface area contributed by atoms with Gasteiger partial charge in [0.1, 0.15) is 0 Å².